The fourth-order valence-corrected chi connectivity index (χ4v) is 6.79. The Morgan fingerprint density at radius 1 is 1.33 bits per heavy atom. The van der Waals surface area contributed by atoms with Crippen LogP contribution in [0.1, 0.15) is 31.4 Å². The first-order valence-corrected chi connectivity index (χ1v) is 11.3. The zero-order chi connectivity index (χ0) is 19.0. The number of carbonyl (C=O) groups is 1. The summed E-state index contributed by atoms with van der Waals surface area (Å²) >= 11 is 1.22. The number of rotatable bonds is 3. The van der Waals surface area contributed by atoms with E-state index in [1.165, 1.54) is 11.3 Å². The standard InChI is InChI=1S/C18H21N3O4S2/c1-12-10-16(15-5-9-26-17(15)27(12,23)24)20-18(22)21-8-4-14(11-21)25-13-2-6-19-7-3-13/h2-3,5-7,9,12,14,16H,4,8,10-11H2,1H3,(H,20,22)/t12-,14+,16-/m0/s1. The number of hydrogen-bond acceptors (Lipinski definition) is 6. The molecule has 7 nitrogen and oxygen atoms in total. The molecule has 0 unspecified atom stereocenters. The van der Waals surface area contributed by atoms with Crippen LogP contribution < -0.4 is 10.1 Å². The Bertz CT molecular complexity index is 929. The van der Waals surface area contributed by atoms with Gasteiger partial charge in [0.2, 0.25) is 0 Å². The number of urea groups is 1. The minimum atomic E-state index is -3.28. The molecule has 1 saturated heterocycles. The predicted molar refractivity (Wildman–Crippen MR) is 102 cm³/mol. The highest BCUT2D eigenvalue weighted by Gasteiger charge is 2.39. The van der Waals surface area contributed by atoms with Crippen LogP contribution in [0.3, 0.4) is 0 Å². The molecule has 0 saturated carbocycles. The smallest absolute Gasteiger partial charge is 0.318 e. The fraction of sp³-hybridized carbons (Fsp3) is 0.444. The number of nitrogens with one attached hydrogen (secondary N) is 1. The minimum absolute atomic E-state index is 0.0551. The molecule has 1 fully saturated rings. The molecule has 9 heteroatoms. The fourth-order valence-electron chi connectivity index (χ4n) is 3.56. The molecule has 3 atom stereocenters. The summed E-state index contributed by atoms with van der Waals surface area (Å²) in [5.41, 5.74) is 0.704. The number of carbonyl (C=O) groups excluding carboxylic acids is 1. The van der Waals surface area contributed by atoms with Gasteiger partial charge in [0.25, 0.3) is 0 Å². The van der Waals surface area contributed by atoms with Gasteiger partial charge >= 0.3 is 6.03 Å². The number of hydrogen-bond donors (Lipinski definition) is 1. The molecule has 2 amide bonds. The molecule has 0 radical (unpaired) electrons. The van der Waals surface area contributed by atoms with Gasteiger partial charge in [-0.15, -0.1) is 11.3 Å². The summed E-state index contributed by atoms with van der Waals surface area (Å²) in [5.74, 6) is 0.742. The van der Waals surface area contributed by atoms with Crippen molar-refractivity contribution in [1.82, 2.24) is 15.2 Å². The lowest BCUT2D eigenvalue weighted by molar-refractivity contribution is 0.183. The van der Waals surface area contributed by atoms with Crippen LogP contribution in [0.5, 0.6) is 5.75 Å². The SMILES string of the molecule is C[C@H]1C[C@H](NC(=O)N2CC[C@@H](Oc3ccncc3)C2)c2ccsc2S1(=O)=O. The molecule has 27 heavy (non-hydrogen) atoms. The number of nitrogens with zero attached hydrogens (tertiary/aromatic N) is 2. The van der Waals surface area contributed by atoms with Crippen molar-refractivity contribution in [3.63, 3.8) is 0 Å². The molecule has 144 valence electrons. The predicted octanol–water partition coefficient (Wildman–Crippen LogP) is 2.61. The second-order valence-corrected chi connectivity index (χ2v) is 10.4. The first kappa shape index (κ1) is 18.2. The first-order chi connectivity index (χ1) is 12.9. The summed E-state index contributed by atoms with van der Waals surface area (Å²) in [7, 11) is -3.28. The van der Waals surface area contributed by atoms with Crippen LogP contribution in [0, 0.1) is 0 Å². The Morgan fingerprint density at radius 3 is 2.89 bits per heavy atom. The van der Waals surface area contributed by atoms with Crippen molar-refractivity contribution in [1.29, 1.82) is 0 Å². The number of fused-ring (bicyclic) bond motifs is 1. The van der Waals surface area contributed by atoms with E-state index in [0.717, 1.165) is 12.2 Å². The third kappa shape index (κ3) is 3.53. The Balaban J connectivity index is 1.40. The van der Waals surface area contributed by atoms with Crippen molar-refractivity contribution in [3.8, 4) is 5.75 Å². The molecular formula is C18H21N3O4S2. The Morgan fingerprint density at radius 2 is 2.11 bits per heavy atom. The van der Waals surface area contributed by atoms with Gasteiger partial charge in [-0.3, -0.25) is 4.98 Å². The van der Waals surface area contributed by atoms with Gasteiger partial charge in [0.05, 0.1) is 17.8 Å². The number of ether oxygens (including phenoxy) is 1. The highest BCUT2D eigenvalue weighted by Crippen LogP contribution is 2.39. The number of likely N-dealkylation sites (tertiary alicyclic amines) is 1. The number of amides is 2. The molecule has 2 aliphatic heterocycles. The lowest BCUT2D eigenvalue weighted by Gasteiger charge is -2.29. The largest absolute Gasteiger partial charge is 0.488 e. The molecule has 2 aromatic rings. The molecule has 0 bridgehead atoms. The first-order valence-electron chi connectivity index (χ1n) is 8.88. The molecule has 4 rings (SSSR count). The van der Waals surface area contributed by atoms with E-state index in [4.69, 9.17) is 4.74 Å². The van der Waals surface area contributed by atoms with E-state index in [1.807, 2.05) is 0 Å². The van der Waals surface area contributed by atoms with Crippen LogP contribution in [0.2, 0.25) is 0 Å². The number of pyridine rings is 1. The summed E-state index contributed by atoms with van der Waals surface area (Å²) in [6.07, 6.45) is 4.44. The minimum Gasteiger partial charge on any atom is -0.488 e. The monoisotopic (exact) mass is 407 g/mol. The van der Waals surface area contributed by atoms with Gasteiger partial charge in [0, 0.05) is 30.9 Å². The van der Waals surface area contributed by atoms with Crippen molar-refractivity contribution < 1.29 is 17.9 Å². The van der Waals surface area contributed by atoms with E-state index < -0.39 is 15.1 Å². The summed E-state index contributed by atoms with van der Waals surface area (Å²) in [6, 6.07) is 4.94. The zero-order valence-corrected chi connectivity index (χ0v) is 16.5. The van der Waals surface area contributed by atoms with Gasteiger partial charge in [-0.1, -0.05) is 0 Å². The number of thiophene rings is 1. The average molecular weight is 408 g/mol. The Labute approximate surface area is 162 Å². The van der Waals surface area contributed by atoms with E-state index in [1.54, 1.807) is 47.8 Å². The second kappa shape index (κ2) is 7.12. The topological polar surface area (TPSA) is 88.6 Å². The Hall–Kier alpha value is -2.13. The van der Waals surface area contributed by atoms with Gasteiger partial charge in [-0.25, -0.2) is 13.2 Å². The summed E-state index contributed by atoms with van der Waals surface area (Å²) < 4.78 is 31.1. The van der Waals surface area contributed by atoms with Gasteiger partial charge in [0.15, 0.2) is 9.84 Å². The molecule has 1 N–H and O–H groups in total. The molecule has 2 aromatic heterocycles. The van der Waals surface area contributed by atoms with Gasteiger partial charge in [-0.2, -0.15) is 0 Å². The van der Waals surface area contributed by atoms with E-state index in [9.17, 15) is 13.2 Å². The van der Waals surface area contributed by atoms with Gasteiger partial charge < -0.3 is 15.0 Å². The van der Waals surface area contributed by atoms with E-state index in [2.05, 4.69) is 10.3 Å². The lowest BCUT2D eigenvalue weighted by atomic mass is 10.1. The van der Waals surface area contributed by atoms with E-state index in [-0.39, 0.29) is 18.2 Å². The van der Waals surface area contributed by atoms with Crippen molar-refractivity contribution in [2.24, 2.45) is 0 Å². The van der Waals surface area contributed by atoms with Crippen LogP contribution in [-0.4, -0.2) is 48.8 Å². The summed E-state index contributed by atoms with van der Waals surface area (Å²) in [6.45, 7) is 2.81. The zero-order valence-electron chi connectivity index (χ0n) is 14.9. The number of sulfone groups is 1. The Kier molecular flexibility index (Phi) is 4.81. The third-order valence-electron chi connectivity index (χ3n) is 5.07. The maximum Gasteiger partial charge on any atom is 0.318 e. The van der Waals surface area contributed by atoms with Gasteiger partial charge in [-0.05, 0) is 36.9 Å². The summed E-state index contributed by atoms with van der Waals surface area (Å²) in [4.78, 5) is 18.4. The maximum atomic E-state index is 12.7. The summed E-state index contributed by atoms with van der Waals surface area (Å²) in [5, 5.41) is 4.29. The highest BCUT2D eigenvalue weighted by atomic mass is 32.2. The van der Waals surface area contributed by atoms with Crippen LogP contribution in [0.4, 0.5) is 4.79 Å². The third-order valence-corrected chi connectivity index (χ3v) is 8.78. The maximum absolute atomic E-state index is 12.7. The molecule has 2 aliphatic rings. The lowest BCUT2D eigenvalue weighted by Crippen LogP contribution is -2.43. The second-order valence-electron chi connectivity index (χ2n) is 6.91. The van der Waals surface area contributed by atoms with Crippen molar-refractivity contribution in [2.45, 2.75) is 41.4 Å². The highest BCUT2D eigenvalue weighted by molar-refractivity contribution is 7.94. The van der Waals surface area contributed by atoms with Crippen LogP contribution in [0.25, 0.3) is 0 Å². The molecular weight excluding hydrogens is 386 g/mol. The van der Waals surface area contributed by atoms with E-state index in [0.29, 0.717) is 29.3 Å². The number of aromatic nitrogens is 1. The molecule has 0 aromatic carbocycles. The molecule has 4 heterocycles. The quantitative estimate of drug-likeness (QED) is 0.845. The van der Waals surface area contributed by atoms with Crippen LogP contribution in [0.15, 0.2) is 40.2 Å². The van der Waals surface area contributed by atoms with Crippen LogP contribution in [-0.2, 0) is 9.84 Å². The van der Waals surface area contributed by atoms with Crippen molar-refractivity contribution in [2.75, 3.05) is 13.1 Å². The molecule has 0 spiro atoms. The molecule has 0 aliphatic carbocycles. The normalized spacial score (nSPS) is 26.4. The van der Waals surface area contributed by atoms with E-state index >= 15 is 0 Å². The van der Waals surface area contributed by atoms with Crippen molar-refractivity contribution in [3.05, 3.63) is 41.5 Å². The average Bonchev–Trinajstić information content (AvgIpc) is 3.31. The van der Waals surface area contributed by atoms with Gasteiger partial charge in [0.1, 0.15) is 16.1 Å². The van der Waals surface area contributed by atoms with Crippen molar-refractivity contribution >= 4 is 27.2 Å². The van der Waals surface area contributed by atoms with Crippen LogP contribution >= 0.6 is 11.3 Å².